The van der Waals surface area contributed by atoms with Crippen molar-refractivity contribution in [2.75, 3.05) is 6.61 Å². The molecule has 0 aliphatic heterocycles. The molecule has 0 bridgehead atoms. The second-order valence-corrected chi connectivity index (χ2v) is 10.4. The highest BCUT2D eigenvalue weighted by Gasteiger charge is 2.44. The molecule has 0 aromatic heterocycles. The second kappa shape index (κ2) is 9.90. The maximum atomic E-state index is 13.5. The van der Waals surface area contributed by atoms with Gasteiger partial charge in [-0.3, -0.25) is 9.59 Å². The lowest BCUT2D eigenvalue weighted by molar-refractivity contribution is -0.144. The summed E-state index contributed by atoms with van der Waals surface area (Å²) in [6, 6.07) is 5.20. The van der Waals surface area contributed by atoms with Gasteiger partial charge in [-0.1, -0.05) is 29.8 Å². The fourth-order valence-electron chi connectivity index (χ4n) is 3.31. The summed E-state index contributed by atoms with van der Waals surface area (Å²) in [5.41, 5.74) is 0.462. The summed E-state index contributed by atoms with van der Waals surface area (Å²) in [7, 11) is 0. The molecule has 0 radical (unpaired) electrons. The summed E-state index contributed by atoms with van der Waals surface area (Å²) >= 11 is 0. The number of carbonyl (C=O) groups is 3. The molecule has 3 N–H and O–H groups in total. The Hall–Kier alpha value is -2.61. The number of nitrogens with one attached hydrogen (secondary N) is 2. The van der Waals surface area contributed by atoms with Crippen molar-refractivity contribution in [2.45, 2.75) is 90.6 Å². The van der Waals surface area contributed by atoms with Crippen molar-refractivity contribution in [3.05, 3.63) is 35.4 Å². The molecule has 2 unspecified atom stereocenters. The molecule has 1 aliphatic carbocycles. The van der Waals surface area contributed by atoms with Crippen LogP contribution in [0.5, 0.6) is 0 Å². The van der Waals surface area contributed by atoms with E-state index in [4.69, 9.17) is 4.74 Å². The van der Waals surface area contributed by atoms with Gasteiger partial charge in [0.05, 0.1) is 6.61 Å². The minimum Gasteiger partial charge on any atom is -0.444 e. The Kier molecular flexibility index (Phi) is 7.93. The number of hydrogen-bond acceptors (Lipinski definition) is 5. The number of ether oxygens (including phenoxy) is 1. The lowest BCUT2D eigenvalue weighted by Crippen LogP contribution is -2.56. The van der Waals surface area contributed by atoms with Crippen LogP contribution >= 0.6 is 0 Å². The summed E-state index contributed by atoms with van der Waals surface area (Å²) in [6.07, 6.45) is 0.704. The molecule has 3 amide bonds. The van der Waals surface area contributed by atoms with E-state index in [1.165, 1.54) is 4.90 Å². The molecule has 0 heterocycles. The molecule has 8 nitrogen and oxygen atoms in total. The van der Waals surface area contributed by atoms with Crippen molar-refractivity contribution >= 4 is 17.9 Å². The summed E-state index contributed by atoms with van der Waals surface area (Å²) in [5.74, 6) is -0.828. The molecule has 1 saturated carbocycles. The van der Waals surface area contributed by atoms with Gasteiger partial charge in [0.2, 0.25) is 11.8 Å². The van der Waals surface area contributed by atoms with Crippen molar-refractivity contribution in [2.24, 2.45) is 0 Å². The van der Waals surface area contributed by atoms with Crippen LogP contribution in [0, 0.1) is 6.92 Å². The third kappa shape index (κ3) is 7.51. The first kappa shape index (κ1) is 25.6. The Balaban J connectivity index is 2.38. The quantitative estimate of drug-likeness (QED) is 0.596. The number of benzene rings is 1. The van der Waals surface area contributed by atoms with E-state index in [9.17, 15) is 19.5 Å². The lowest BCUT2D eigenvalue weighted by Gasteiger charge is -2.36. The van der Waals surface area contributed by atoms with Crippen LogP contribution in [0.2, 0.25) is 0 Å². The van der Waals surface area contributed by atoms with Crippen LogP contribution in [0.25, 0.3) is 0 Å². The van der Waals surface area contributed by atoms with Gasteiger partial charge in [-0.15, -0.1) is 0 Å². The topological polar surface area (TPSA) is 108 Å². The molecule has 0 saturated heterocycles. The predicted molar refractivity (Wildman–Crippen MR) is 122 cm³/mol. The fourth-order valence-corrected chi connectivity index (χ4v) is 3.31. The molecule has 8 heteroatoms. The van der Waals surface area contributed by atoms with Crippen molar-refractivity contribution < 1.29 is 24.2 Å². The third-order valence-electron chi connectivity index (χ3n) is 4.78. The molecule has 2 rings (SSSR count). The smallest absolute Gasteiger partial charge is 0.408 e. The Bertz CT molecular complexity index is 820. The average molecular weight is 448 g/mol. The number of nitrogens with zero attached hydrogens (tertiary/aromatic N) is 1. The molecule has 1 aromatic carbocycles. The maximum Gasteiger partial charge on any atom is 0.408 e. The van der Waals surface area contributed by atoms with E-state index in [1.54, 1.807) is 20.8 Å². The Labute approximate surface area is 190 Å². The van der Waals surface area contributed by atoms with Gasteiger partial charge in [0.25, 0.3) is 0 Å². The van der Waals surface area contributed by atoms with Crippen LogP contribution in [0.15, 0.2) is 24.3 Å². The Morgan fingerprint density at radius 3 is 2.09 bits per heavy atom. The molecular weight excluding hydrogens is 410 g/mol. The highest BCUT2D eigenvalue weighted by atomic mass is 16.6. The van der Waals surface area contributed by atoms with E-state index in [0.29, 0.717) is 5.56 Å². The maximum absolute atomic E-state index is 13.5. The minimum atomic E-state index is -1.22. The van der Waals surface area contributed by atoms with Gasteiger partial charge < -0.3 is 25.4 Å². The molecule has 2 atom stereocenters. The van der Waals surface area contributed by atoms with Gasteiger partial charge in [0, 0.05) is 11.6 Å². The highest BCUT2D eigenvalue weighted by molar-refractivity contribution is 5.92. The van der Waals surface area contributed by atoms with Crippen molar-refractivity contribution in [1.82, 2.24) is 15.5 Å². The van der Waals surface area contributed by atoms with Crippen molar-refractivity contribution in [1.29, 1.82) is 0 Å². The third-order valence-corrected chi connectivity index (χ3v) is 4.78. The largest absolute Gasteiger partial charge is 0.444 e. The van der Waals surface area contributed by atoms with E-state index < -0.39 is 41.8 Å². The average Bonchev–Trinajstić information content (AvgIpc) is 3.46. The normalized spacial score (nSPS) is 16.0. The standard InChI is InChI=1S/C24H37N3O5/c1-15-8-10-16(11-9-15)19(20(29)26-23(2,3)4)27(17-12-13-17)21(30)18(14-28)25-22(31)32-24(5,6)7/h8-11,17-19,28H,12-14H2,1-7H3,(H,25,31)(H,26,29). The van der Waals surface area contributed by atoms with Crippen LogP contribution in [0.3, 0.4) is 0 Å². The number of rotatable bonds is 7. The first-order valence-electron chi connectivity index (χ1n) is 11.0. The van der Waals surface area contributed by atoms with Crippen LogP contribution in [-0.2, 0) is 14.3 Å². The van der Waals surface area contributed by atoms with E-state index >= 15 is 0 Å². The van der Waals surface area contributed by atoms with Crippen LogP contribution in [0.4, 0.5) is 4.79 Å². The lowest BCUT2D eigenvalue weighted by atomic mass is 9.99. The molecule has 0 spiro atoms. The van der Waals surface area contributed by atoms with Crippen LogP contribution in [-0.4, -0.2) is 57.7 Å². The summed E-state index contributed by atoms with van der Waals surface area (Å²) in [6.45, 7) is 12.1. The number of aliphatic hydroxyl groups excluding tert-OH is 1. The molecule has 178 valence electrons. The zero-order chi connectivity index (χ0) is 24.3. The number of alkyl carbamates (subject to hydrolysis) is 1. The van der Waals surface area contributed by atoms with Gasteiger partial charge in [-0.2, -0.15) is 0 Å². The predicted octanol–water partition coefficient (Wildman–Crippen LogP) is 2.83. The zero-order valence-electron chi connectivity index (χ0n) is 20.2. The van der Waals surface area contributed by atoms with Gasteiger partial charge >= 0.3 is 6.09 Å². The Morgan fingerprint density at radius 1 is 1.09 bits per heavy atom. The first-order valence-corrected chi connectivity index (χ1v) is 11.0. The summed E-state index contributed by atoms with van der Waals surface area (Å²) in [5, 5.41) is 15.3. The molecule has 1 aromatic rings. The monoisotopic (exact) mass is 447 g/mol. The number of aryl methyl sites for hydroxylation is 1. The number of carbonyl (C=O) groups excluding carboxylic acids is 3. The zero-order valence-corrected chi connectivity index (χ0v) is 20.2. The van der Waals surface area contributed by atoms with Gasteiger partial charge in [-0.05, 0) is 66.9 Å². The number of aliphatic hydroxyl groups is 1. The first-order chi connectivity index (χ1) is 14.7. The molecular formula is C24H37N3O5. The van der Waals surface area contributed by atoms with Gasteiger partial charge in [0.15, 0.2) is 0 Å². The number of hydrogen-bond donors (Lipinski definition) is 3. The molecule has 1 fully saturated rings. The van der Waals surface area contributed by atoms with Crippen molar-refractivity contribution in [3.8, 4) is 0 Å². The minimum absolute atomic E-state index is 0.144. The summed E-state index contributed by atoms with van der Waals surface area (Å²) < 4.78 is 5.24. The van der Waals surface area contributed by atoms with E-state index in [0.717, 1.165) is 18.4 Å². The van der Waals surface area contributed by atoms with Gasteiger partial charge in [0.1, 0.15) is 17.7 Å². The van der Waals surface area contributed by atoms with E-state index in [2.05, 4.69) is 10.6 Å². The Morgan fingerprint density at radius 2 is 1.66 bits per heavy atom. The van der Waals surface area contributed by atoms with E-state index in [1.807, 2.05) is 52.0 Å². The molecule has 32 heavy (non-hydrogen) atoms. The molecule has 1 aliphatic rings. The number of amides is 3. The van der Waals surface area contributed by atoms with Crippen LogP contribution in [0.1, 0.15) is 71.6 Å². The van der Waals surface area contributed by atoms with E-state index in [-0.39, 0.29) is 11.9 Å². The SMILES string of the molecule is Cc1ccc(C(C(=O)NC(C)(C)C)N(C(=O)C(CO)NC(=O)OC(C)(C)C)C2CC2)cc1. The fraction of sp³-hybridized carbons (Fsp3) is 0.625. The van der Waals surface area contributed by atoms with Crippen LogP contribution < -0.4 is 10.6 Å². The summed E-state index contributed by atoms with van der Waals surface area (Å²) in [4.78, 5) is 40.6. The van der Waals surface area contributed by atoms with Crippen molar-refractivity contribution in [3.63, 3.8) is 0 Å². The highest BCUT2D eigenvalue weighted by Crippen LogP contribution is 2.36. The van der Waals surface area contributed by atoms with Gasteiger partial charge in [-0.25, -0.2) is 4.79 Å². The second-order valence-electron chi connectivity index (χ2n) is 10.4.